The van der Waals surface area contributed by atoms with Crippen molar-refractivity contribution in [2.24, 2.45) is 10.9 Å². The molecule has 1 fully saturated rings. The van der Waals surface area contributed by atoms with Crippen LogP contribution in [0, 0.1) is 12.8 Å². The first kappa shape index (κ1) is 11.2. The first-order chi connectivity index (χ1) is 8.72. The summed E-state index contributed by atoms with van der Waals surface area (Å²) in [6.07, 6.45) is 5.17. The molecule has 0 aromatic heterocycles. The highest BCUT2D eigenvalue weighted by Crippen LogP contribution is 2.31. The van der Waals surface area contributed by atoms with Gasteiger partial charge in [-0.3, -0.25) is 0 Å². The van der Waals surface area contributed by atoms with Crippen molar-refractivity contribution in [2.45, 2.75) is 26.2 Å². The number of benzene rings is 1. The molecular formula is C15H15NO2. The molecular weight excluding hydrogens is 226 g/mol. The van der Waals surface area contributed by atoms with Gasteiger partial charge in [0.2, 0.25) is 5.90 Å². The second-order valence-electron chi connectivity index (χ2n) is 4.91. The van der Waals surface area contributed by atoms with Crippen molar-refractivity contribution in [2.75, 3.05) is 0 Å². The molecule has 1 aromatic carbocycles. The summed E-state index contributed by atoms with van der Waals surface area (Å²) in [5.74, 6) is 0.654. The van der Waals surface area contributed by atoms with Gasteiger partial charge in [0.05, 0.1) is 0 Å². The Morgan fingerprint density at radius 1 is 1.39 bits per heavy atom. The van der Waals surface area contributed by atoms with E-state index in [0.29, 0.717) is 17.5 Å². The normalized spacial score (nSPS) is 21.7. The van der Waals surface area contributed by atoms with Crippen LogP contribution in [0.4, 0.5) is 0 Å². The van der Waals surface area contributed by atoms with Gasteiger partial charge < -0.3 is 4.74 Å². The summed E-state index contributed by atoms with van der Waals surface area (Å²) in [6, 6.07) is 7.98. The lowest BCUT2D eigenvalue weighted by molar-refractivity contribution is -0.130. The Kier molecular flexibility index (Phi) is 2.74. The Labute approximate surface area is 106 Å². The Hall–Kier alpha value is -1.90. The van der Waals surface area contributed by atoms with Crippen molar-refractivity contribution in [1.29, 1.82) is 0 Å². The topological polar surface area (TPSA) is 38.7 Å². The fourth-order valence-corrected chi connectivity index (χ4v) is 2.17. The van der Waals surface area contributed by atoms with Crippen molar-refractivity contribution < 1.29 is 9.53 Å². The summed E-state index contributed by atoms with van der Waals surface area (Å²) < 4.78 is 5.22. The lowest BCUT2D eigenvalue weighted by Gasteiger charge is -2.23. The molecule has 0 unspecified atom stereocenters. The summed E-state index contributed by atoms with van der Waals surface area (Å²) in [4.78, 5) is 16.0. The first-order valence-electron chi connectivity index (χ1n) is 6.31. The molecule has 0 amide bonds. The van der Waals surface area contributed by atoms with Gasteiger partial charge in [-0.1, -0.05) is 36.2 Å². The minimum absolute atomic E-state index is 0.321. The second kappa shape index (κ2) is 4.41. The van der Waals surface area contributed by atoms with E-state index in [0.717, 1.165) is 18.4 Å². The van der Waals surface area contributed by atoms with E-state index in [2.05, 4.69) is 4.99 Å². The maximum Gasteiger partial charge on any atom is 0.363 e. The molecule has 0 atom stereocenters. The number of aliphatic imine (C=N–C) groups is 1. The largest absolute Gasteiger partial charge is 0.406 e. The number of nitrogens with zero attached hydrogens (tertiary/aromatic N) is 1. The molecule has 3 heteroatoms. The first-order valence-corrected chi connectivity index (χ1v) is 6.31. The van der Waals surface area contributed by atoms with Crippen LogP contribution >= 0.6 is 0 Å². The number of aryl methyl sites for hydroxylation is 1. The fourth-order valence-electron chi connectivity index (χ4n) is 2.17. The van der Waals surface area contributed by atoms with Crippen molar-refractivity contribution in [3.8, 4) is 0 Å². The monoisotopic (exact) mass is 241 g/mol. The van der Waals surface area contributed by atoms with Crippen LogP contribution < -0.4 is 0 Å². The Morgan fingerprint density at radius 2 is 2.22 bits per heavy atom. The molecule has 1 aliphatic carbocycles. The van der Waals surface area contributed by atoms with Crippen molar-refractivity contribution in [3.63, 3.8) is 0 Å². The van der Waals surface area contributed by atoms with E-state index in [4.69, 9.17) is 4.74 Å². The van der Waals surface area contributed by atoms with Crippen LogP contribution in [-0.2, 0) is 9.53 Å². The quantitative estimate of drug-likeness (QED) is 0.589. The minimum Gasteiger partial charge on any atom is -0.406 e. The Bertz CT molecular complexity index is 553. The second-order valence-corrected chi connectivity index (χ2v) is 4.91. The van der Waals surface area contributed by atoms with Crippen LogP contribution in [0.25, 0.3) is 6.08 Å². The third-order valence-corrected chi connectivity index (χ3v) is 3.44. The molecule has 1 aliphatic heterocycles. The van der Waals surface area contributed by atoms with Crippen molar-refractivity contribution in [3.05, 3.63) is 41.1 Å². The van der Waals surface area contributed by atoms with Gasteiger partial charge in [-0.25, -0.2) is 9.79 Å². The van der Waals surface area contributed by atoms with E-state index >= 15 is 0 Å². The van der Waals surface area contributed by atoms with E-state index < -0.39 is 0 Å². The third-order valence-electron chi connectivity index (χ3n) is 3.44. The minimum atomic E-state index is -0.321. The number of rotatable bonds is 2. The maximum atomic E-state index is 11.7. The zero-order valence-corrected chi connectivity index (χ0v) is 10.3. The summed E-state index contributed by atoms with van der Waals surface area (Å²) in [5, 5.41) is 0. The lowest BCUT2D eigenvalue weighted by Crippen LogP contribution is -2.22. The van der Waals surface area contributed by atoms with Crippen LogP contribution in [0.3, 0.4) is 0 Å². The highest BCUT2D eigenvalue weighted by Gasteiger charge is 2.32. The van der Waals surface area contributed by atoms with E-state index in [1.807, 2.05) is 31.2 Å². The molecule has 0 N–H and O–H groups in total. The molecule has 3 nitrogen and oxygen atoms in total. The van der Waals surface area contributed by atoms with Gasteiger partial charge in [-0.2, -0.15) is 0 Å². The van der Waals surface area contributed by atoms with E-state index in [-0.39, 0.29) is 5.97 Å². The molecule has 1 heterocycles. The SMILES string of the molecule is Cc1cccc(/C=C2/N=C(C3CCC3)OC2=O)c1. The standard InChI is InChI=1S/C15H15NO2/c1-10-4-2-5-11(8-10)9-13-15(17)18-14(16-13)12-6-3-7-12/h2,4-5,8-9,12H,3,6-7H2,1H3/b13-9+. The highest BCUT2D eigenvalue weighted by atomic mass is 16.6. The molecule has 1 saturated carbocycles. The number of hydrogen-bond donors (Lipinski definition) is 0. The van der Waals surface area contributed by atoms with Crippen LogP contribution in [0.2, 0.25) is 0 Å². The van der Waals surface area contributed by atoms with Gasteiger partial charge in [0.25, 0.3) is 0 Å². The Balaban J connectivity index is 1.87. The van der Waals surface area contributed by atoms with Gasteiger partial charge in [0, 0.05) is 5.92 Å². The third kappa shape index (κ3) is 2.08. The molecule has 0 saturated heterocycles. The predicted molar refractivity (Wildman–Crippen MR) is 70.0 cm³/mol. The molecule has 1 aromatic rings. The molecule has 18 heavy (non-hydrogen) atoms. The van der Waals surface area contributed by atoms with E-state index in [1.165, 1.54) is 12.0 Å². The van der Waals surface area contributed by atoms with Gasteiger partial charge in [0.1, 0.15) is 0 Å². The van der Waals surface area contributed by atoms with E-state index in [1.54, 1.807) is 6.08 Å². The zero-order chi connectivity index (χ0) is 12.5. The maximum absolute atomic E-state index is 11.7. The summed E-state index contributed by atoms with van der Waals surface area (Å²) in [5.41, 5.74) is 2.57. The number of carbonyl (C=O) groups excluding carboxylic acids is 1. The molecule has 3 rings (SSSR count). The number of hydrogen-bond acceptors (Lipinski definition) is 3. The van der Waals surface area contributed by atoms with E-state index in [9.17, 15) is 4.79 Å². The molecule has 92 valence electrons. The molecule has 0 spiro atoms. The number of cyclic esters (lactones) is 1. The van der Waals surface area contributed by atoms with Crippen LogP contribution in [0.15, 0.2) is 35.0 Å². The number of ether oxygens (including phenoxy) is 1. The van der Waals surface area contributed by atoms with Gasteiger partial charge in [0.15, 0.2) is 5.70 Å². The molecule has 0 radical (unpaired) electrons. The van der Waals surface area contributed by atoms with Crippen LogP contribution in [-0.4, -0.2) is 11.9 Å². The fraction of sp³-hybridized carbons (Fsp3) is 0.333. The molecule has 0 bridgehead atoms. The average molecular weight is 241 g/mol. The van der Waals surface area contributed by atoms with Crippen LogP contribution in [0.5, 0.6) is 0 Å². The van der Waals surface area contributed by atoms with Crippen LogP contribution in [0.1, 0.15) is 30.4 Å². The summed E-state index contributed by atoms with van der Waals surface area (Å²) >= 11 is 0. The highest BCUT2D eigenvalue weighted by molar-refractivity contribution is 6.07. The Morgan fingerprint density at radius 3 is 2.89 bits per heavy atom. The average Bonchev–Trinajstić information content (AvgIpc) is 2.57. The van der Waals surface area contributed by atoms with Crippen molar-refractivity contribution >= 4 is 17.9 Å². The smallest absolute Gasteiger partial charge is 0.363 e. The zero-order valence-electron chi connectivity index (χ0n) is 10.3. The van der Waals surface area contributed by atoms with Gasteiger partial charge in [-0.05, 0) is 31.4 Å². The number of esters is 1. The predicted octanol–water partition coefficient (Wildman–Crippen LogP) is 3.09. The lowest BCUT2D eigenvalue weighted by atomic mass is 9.85. The number of carbonyl (C=O) groups is 1. The summed E-state index contributed by atoms with van der Waals surface area (Å²) in [6.45, 7) is 2.03. The molecule has 2 aliphatic rings. The summed E-state index contributed by atoms with van der Waals surface area (Å²) in [7, 11) is 0. The van der Waals surface area contributed by atoms with Gasteiger partial charge >= 0.3 is 5.97 Å². The van der Waals surface area contributed by atoms with Gasteiger partial charge in [-0.15, -0.1) is 0 Å². The van der Waals surface area contributed by atoms with Crippen molar-refractivity contribution in [1.82, 2.24) is 0 Å².